The maximum atomic E-state index is 10.9. The van der Waals surface area contributed by atoms with Gasteiger partial charge in [-0.3, -0.25) is 4.90 Å². The smallest absolute Gasteiger partial charge is 0.124 e. The van der Waals surface area contributed by atoms with Crippen LogP contribution in [0.5, 0.6) is 11.5 Å². The van der Waals surface area contributed by atoms with Crippen LogP contribution < -0.4 is 9.47 Å². The Hall–Kier alpha value is -2.50. The van der Waals surface area contributed by atoms with Crippen molar-refractivity contribution in [3.8, 4) is 11.5 Å². The quantitative estimate of drug-likeness (QED) is 0.725. The molecule has 0 amide bonds. The maximum Gasteiger partial charge on any atom is 0.124 e. The summed E-state index contributed by atoms with van der Waals surface area (Å²) in [6.07, 6.45) is 0.328. The predicted octanol–water partition coefficient (Wildman–Crippen LogP) is 3.59. The topological polar surface area (TPSA) is 57.7 Å². The van der Waals surface area contributed by atoms with Crippen molar-refractivity contribution >= 4 is 10.9 Å². The van der Waals surface area contributed by atoms with Gasteiger partial charge in [-0.25, -0.2) is 0 Å². The number of aromatic amines is 1. The lowest BCUT2D eigenvalue weighted by Gasteiger charge is -2.29. The lowest BCUT2D eigenvalue weighted by atomic mass is 10.0. The van der Waals surface area contributed by atoms with Crippen molar-refractivity contribution in [2.24, 2.45) is 0 Å². The van der Waals surface area contributed by atoms with E-state index in [1.54, 1.807) is 14.2 Å². The van der Waals surface area contributed by atoms with Gasteiger partial charge in [-0.05, 0) is 36.2 Å². The monoisotopic (exact) mass is 366 g/mol. The number of aliphatic hydroxyl groups excluding tert-OH is 1. The largest absolute Gasteiger partial charge is 0.497 e. The van der Waals surface area contributed by atoms with Crippen LogP contribution in [0.4, 0.5) is 0 Å². The van der Waals surface area contributed by atoms with Gasteiger partial charge in [-0.2, -0.15) is 0 Å². The summed E-state index contributed by atoms with van der Waals surface area (Å²) in [5.74, 6) is 1.40. The molecule has 5 heteroatoms. The molecule has 0 spiro atoms. The number of benzene rings is 2. The Kier molecular flexibility index (Phi) is 4.81. The van der Waals surface area contributed by atoms with Gasteiger partial charge in [-0.15, -0.1) is 0 Å². The molecule has 3 aromatic rings. The zero-order valence-corrected chi connectivity index (χ0v) is 16.1. The number of aromatic nitrogens is 1. The molecular weight excluding hydrogens is 340 g/mol. The summed E-state index contributed by atoms with van der Waals surface area (Å²) in [5, 5.41) is 12.2. The molecular formula is C22H26N2O3. The van der Waals surface area contributed by atoms with Crippen LogP contribution in [0.15, 0.2) is 36.4 Å². The van der Waals surface area contributed by atoms with Gasteiger partial charge in [-0.1, -0.05) is 18.2 Å². The van der Waals surface area contributed by atoms with E-state index < -0.39 is 6.10 Å². The van der Waals surface area contributed by atoms with Crippen LogP contribution in [0.3, 0.4) is 0 Å². The molecule has 4 rings (SSSR count). The lowest BCUT2D eigenvalue weighted by molar-refractivity contribution is 0.103. The van der Waals surface area contributed by atoms with Gasteiger partial charge in [0, 0.05) is 48.2 Å². The number of nitrogens with zero attached hydrogens (tertiary/aromatic N) is 1. The Morgan fingerprint density at radius 3 is 2.81 bits per heavy atom. The van der Waals surface area contributed by atoms with E-state index in [1.165, 1.54) is 27.7 Å². The highest BCUT2D eigenvalue weighted by Gasteiger charge is 2.24. The van der Waals surface area contributed by atoms with Crippen LogP contribution in [0.1, 0.15) is 28.5 Å². The van der Waals surface area contributed by atoms with E-state index in [-0.39, 0.29) is 0 Å². The van der Waals surface area contributed by atoms with Crippen LogP contribution in [0, 0.1) is 6.92 Å². The Bertz CT molecular complexity index is 964. The third kappa shape index (κ3) is 3.29. The van der Waals surface area contributed by atoms with Gasteiger partial charge >= 0.3 is 0 Å². The summed E-state index contributed by atoms with van der Waals surface area (Å²) in [6, 6.07) is 12.0. The Morgan fingerprint density at radius 2 is 2.04 bits per heavy atom. The van der Waals surface area contributed by atoms with Gasteiger partial charge < -0.3 is 19.6 Å². The van der Waals surface area contributed by atoms with Crippen molar-refractivity contribution in [3.05, 3.63) is 58.8 Å². The molecule has 142 valence electrons. The molecule has 0 bridgehead atoms. The summed E-state index contributed by atoms with van der Waals surface area (Å²) in [6.45, 7) is 4.45. The molecule has 0 saturated carbocycles. The summed E-state index contributed by atoms with van der Waals surface area (Å²) < 4.78 is 10.7. The fourth-order valence-electron chi connectivity index (χ4n) is 4.04. The zero-order chi connectivity index (χ0) is 19.0. The van der Waals surface area contributed by atoms with Crippen molar-refractivity contribution in [2.75, 3.05) is 27.3 Å². The molecule has 0 unspecified atom stereocenters. The molecule has 2 heterocycles. The van der Waals surface area contributed by atoms with Gasteiger partial charge in [0.15, 0.2) is 0 Å². The SMILES string of the molecule is COc1ccc(OC)c([C@H](O)CN2CCc3[nH]c4c(C)cccc4c3C2)c1. The van der Waals surface area contributed by atoms with Gasteiger partial charge in [0.05, 0.1) is 20.3 Å². The third-order valence-corrected chi connectivity index (χ3v) is 5.52. The molecule has 1 atom stereocenters. The number of β-amino-alcohol motifs (C(OH)–C–C–N with tert-alkyl or cyclic N) is 1. The Balaban J connectivity index is 1.57. The van der Waals surface area contributed by atoms with E-state index >= 15 is 0 Å². The number of nitrogens with one attached hydrogen (secondary N) is 1. The van der Waals surface area contributed by atoms with E-state index in [0.717, 1.165) is 30.8 Å². The number of para-hydroxylation sites is 1. The van der Waals surface area contributed by atoms with Crippen molar-refractivity contribution in [1.29, 1.82) is 0 Å². The van der Waals surface area contributed by atoms with Crippen LogP contribution >= 0.6 is 0 Å². The fourth-order valence-corrected chi connectivity index (χ4v) is 4.04. The number of aryl methyl sites for hydroxylation is 1. The van der Waals surface area contributed by atoms with Crippen LogP contribution in [0.25, 0.3) is 10.9 Å². The lowest BCUT2D eigenvalue weighted by Crippen LogP contribution is -2.33. The average Bonchev–Trinajstić information content (AvgIpc) is 3.07. The van der Waals surface area contributed by atoms with Crippen molar-refractivity contribution in [3.63, 3.8) is 0 Å². The van der Waals surface area contributed by atoms with E-state index in [2.05, 4.69) is 35.0 Å². The van der Waals surface area contributed by atoms with Gasteiger partial charge in [0.2, 0.25) is 0 Å². The van der Waals surface area contributed by atoms with Gasteiger partial charge in [0.1, 0.15) is 11.5 Å². The first-order valence-corrected chi connectivity index (χ1v) is 9.32. The predicted molar refractivity (Wildman–Crippen MR) is 107 cm³/mol. The molecule has 5 nitrogen and oxygen atoms in total. The zero-order valence-electron chi connectivity index (χ0n) is 16.1. The summed E-state index contributed by atoms with van der Waals surface area (Å²) in [7, 11) is 3.25. The second-order valence-electron chi connectivity index (χ2n) is 7.19. The molecule has 27 heavy (non-hydrogen) atoms. The normalized spacial score (nSPS) is 15.6. The number of rotatable bonds is 5. The highest BCUT2D eigenvalue weighted by molar-refractivity contribution is 5.87. The molecule has 1 aromatic heterocycles. The molecule has 2 aromatic carbocycles. The second-order valence-corrected chi connectivity index (χ2v) is 7.19. The average molecular weight is 366 g/mol. The van der Waals surface area contributed by atoms with Crippen molar-refractivity contribution in [1.82, 2.24) is 9.88 Å². The Morgan fingerprint density at radius 1 is 1.19 bits per heavy atom. The maximum absolute atomic E-state index is 10.9. The molecule has 1 aliphatic heterocycles. The second kappa shape index (κ2) is 7.25. The van der Waals surface area contributed by atoms with Crippen LogP contribution in [-0.4, -0.2) is 42.3 Å². The first kappa shape index (κ1) is 17.9. The number of ether oxygens (including phenoxy) is 2. The van der Waals surface area contributed by atoms with Crippen molar-refractivity contribution < 1.29 is 14.6 Å². The number of methoxy groups -OCH3 is 2. The van der Waals surface area contributed by atoms with E-state index in [4.69, 9.17) is 9.47 Å². The van der Waals surface area contributed by atoms with Crippen LogP contribution in [0.2, 0.25) is 0 Å². The Labute approximate surface area is 159 Å². The highest BCUT2D eigenvalue weighted by atomic mass is 16.5. The van der Waals surface area contributed by atoms with Crippen LogP contribution in [-0.2, 0) is 13.0 Å². The molecule has 2 N–H and O–H groups in total. The first-order valence-electron chi connectivity index (χ1n) is 9.32. The summed E-state index contributed by atoms with van der Waals surface area (Å²) in [5.41, 5.74) is 5.94. The minimum atomic E-state index is -0.636. The number of hydrogen-bond donors (Lipinski definition) is 2. The minimum absolute atomic E-state index is 0.557. The number of fused-ring (bicyclic) bond motifs is 3. The fraction of sp³-hybridized carbons (Fsp3) is 0.364. The number of H-pyrrole nitrogens is 1. The van der Waals surface area contributed by atoms with Gasteiger partial charge in [0.25, 0.3) is 0 Å². The molecule has 0 saturated heterocycles. The standard InChI is InChI=1S/C22H26N2O3/c1-14-5-4-6-16-18-12-24(10-9-19(18)23-22(14)16)13-20(25)17-11-15(26-2)7-8-21(17)27-3/h4-8,11,20,23,25H,9-10,12-13H2,1-3H3/t20-/m1/s1. The van der Waals surface area contributed by atoms with E-state index in [1.807, 2.05) is 18.2 Å². The summed E-state index contributed by atoms with van der Waals surface area (Å²) in [4.78, 5) is 5.90. The molecule has 0 fully saturated rings. The third-order valence-electron chi connectivity index (χ3n) is 5.52. The van der Waals surface area contributed by atoms with E-state index in [9.17, 15) is 5.11 Å². The van der Waals surface area contributed by atoms with Crippen molar-refractivity contribution in [2.45, 2.75) is 26.0 Å². The molecule has 1 aliphatic rings. The van der Waals surface area contributed by atoms with E-state index in [0.29, 0.717) is 12.3 Å². The number of hydrogen-bond acceptors (Lipinski definition) is 4. The molecule has 0 aliphatic carbocycles. The minimum Gasteiger partial charge on any atom is -0.497 e. The summed E-state index contributed by atoms with van der Waals surface area (Å²) >= 11 is 0. The highest BCUT2D eigenvalue weighted by Crippen LogP contribution is 2.33. The number of aliphatic hydroxyl groups is 1. The molecule has 0 radical (unpaired) electrons. The first-order chi connectivity index (χ1) is 13.1.